The van der Waals surface area contributed by atoms with Crippen molar-refractivity contribution in [3.8, 4) is 0 Å². The molecule has 1 fully saturated rings. The van der Waals surface area contributed by atoms with E-state index in [0.29, 0.717) is 0 Å². The third kappa shape index (κ3) is 5.94. The fourth-order valence-corrected chi connectivity index (χ4v) is 1.61. The van der Waals surface area contributed by atoms with Gasteiger partial charge in [0.05, 0.1) is 13.6 Å². The fraction of sp³-hybridized carbons (Fsp3) is 1.00. The second kappa shape index (κ2) is 7.37. The summed E-state index contributed by atoms with van der Waals surface area (Å²) >= 11 is 0. The highest BCUT2D eigenvalue weighted by Gasteiger charge is 2.21. The fourth-order valence-electron chi connectivity index (χ4n) is 1.46. The standard InChI is InChI=1S/C7H16N2.C2H7O4P/c1-7-8(2)5-4-6-9(7)3;1-5-7(3,4)6-2/h7H,4-6H2,1-3H3;1-2H3,(H,3,4). The zero-order valence-electron chi connectivity index (χ0n) is 10.7. The topological polar surface area (TPSA) is 66.3 Å². The van der Waals surface area contributed by atoms with Gasteiger partial charge >= 0.3 is 0 Å². The van der Waals surface area contributed by atoms with Crippen molar-refractivity contribution in [1.82, 2.24) is 4.90 Å². The Labute approximate surface area is 97.7 Å². The summed E-state index contributed by atoms with van der Waals surface area (Å²) in [6.45, 7) is 4.90. The van der Waals surface area contributed by atoms with E-state index in [1.807, 2.05) is 0 Å². The van der Waals surface area contributed by atoms with Crippen LogP contribution in [0.2, 0.25) is 0 Å². The van der Waals surface area contributed by atoms with Crippen molar-refractivity contribution in [2.75, 3.05) is 41.4 Å². The van der Waals surface area contributed by atoms with Crippen molar-refractivity contribution in [3.63, 3.8) is 0 Å². The van der Waals surface area contributed by atoms with Crippen molar-refractivity contribution >= 4 is 7.82 Å². The zero-order valence-corrected chi connectivity index (χ0v) is 11.6. The number of hydrogen-bond donors (Lipinski definition) is 1. The molecule has 1 N–H and O–H groups in total. The van der Waals surface area contributed by atoms with Crippen LogP contribution in [0.1, 0.15) is 13.3 Å². The Morgan fingerprint density at radius 3 is 2.19 bits per heavy atom. The number of hydrogen-bond acceptors (Lipinski definition) is 5. The third-order valence-corrected chi connectivity index (χ3v) is 3.80. The highest BCUT2D eigenvalue weighted by Crippen LogP contribution is 2.34. The number of nitrogens with one attached hydrogen (secondary N) is 1. The van der Waals surface area contributed by atoms with Gasteiger partial charge in [0, 0.05) is 34.1 Å². The van der Waals surface area contributed by atoms with Crippen molar-refractivity contribution in [2.24, 2.45) is 0 Å². The Morgan fingerprint density at radius 1 is 1.44 bits per heavy atom. The summed E-state index contributed by atoms with van der Waals surface area (Å²) in [6, 6.07) is 0. The number of nitrogens with zero attached hydrogens (tertiary/aromatic N) is 1. The number of phosphoric ester groups is 1. The summed E-state index contributed by atoms with van der Waals surface area (Å²) < 4.78 is 17.7. The van der Waals surface area contributed by atoms with Crippen LogP contribution in [0.5, 0.6) is 0 Å². The average molecular weight is 254 g/mol. The van der Waals surface area contributed by atoms with Crippen LogP contribution in [0.25, 0.3) is 0 Å². The van der Waals surface area contributed by atoms with E-state index >= 15 is 0 Å². The first-order valence-corrected chi connectivity index (χ1v) is 6.75. The smallest absolute Gasteiger partial charge is 0.267 e. The molecule has 0 bridgehead atoms. The maximum atomic E-state index is 9.95. The molecule has 7 heteroatoms. The lowest BCUT2D eigenvalue weighted by atomic mass is 10.2. The Kier molecular flexibility index (Phi) is 7.39. The highest BCUT2D eigenvalue weighted by molar-refractivity contribution is 7.45. The van der Waals surface area contributed by atoms with Crippen LogP contribution in [0.3, 0.4) is 0 Å². The van der Waals surface area contributed by atoms with Gasteiger partial charge in [0.15, 0.2) is 0 Å². The first-order valence-electron chi connectivity index (χ1n) is 5.29. The van der Waals surface area contributed by atoms with Gasteiger partial charge in [-0.25, -0.2) is 0 Å². The first-order chi connectivity index (χ1) is 7.34. The molecule has 2 unspecified atom stereocenters. The number of quaternary nitrogens is 1. The summed E-state index contributed by atoms with van der Waals surface area (Å²) in [5.74, 6) is 0. The molecular weight excluding hydrogens is 231 g/mol. The van der Waals surface area contributed by atoms with Crippen molar-refractivity contribution in [1.29, 1.82) is 0 Å². The summed E-state index contributed by atoms with van der Waals surface area (Å²) in [4.78, 5) is 14.0. The number of phosphoric acid groups is 1. The Hall–Kier alpha value is 0.0300. The lowest BCUT2D eigenvalue weighted by molar-refractivity contribution is -0.922. The van der Waals surface area contributed by atoms with E-state index in [1.54, 1.807) is 4.90 Å². The lowest BCUT2D eigenvalue weighted by Crippen LogP contribution is -3.15. The summed E-state index contributed by atoms with van der Waals surface area (Å²) in [6.07, 6.45) is 2.07. The van der Waals surface area contributed by atoms with Gasteiger partial charge in [0.2, 0.25) is 0 Å². The quantitative estimate of drug-likeness (QED) is 0.636. The molecule has 16 heavy (non-hydrogen) atoms. The summed E-state index contributed by atoms with van der Waals surface area (Å²) in [5.41, 5.74) is 0. The molecule has 0 aliphatic carbocycles. The minimum Gasteiger partial charge on any atom is -0.756 e. The monoisotopic (exact) mass is 254 g/mol. The highest BCUT2D eigenvalue weighted by atomic mass is 31.2. The molecule has 0 radical (unpaired) electrons. The van der Waals surface area contributed by atoms with Gasteiger partial charge in [-0.15, -0.1) is 0 Å². The lowest BCUT2D eigenvalue weighted by Gasteiger charge is -2.34. The van der Waals surface area contributed by atoms with E-state index in [4.69, 9.17) is 0 Å². The van der Waals surface area contributed by atoms with Gasteiger partial charge in [0.1, 0.15) is 6.17 Å². The molecule has 1 heterocycles. The van der Waals surface area contributed by atoms with Crippen LogP contribution in [0.15, 0.2) is 0 Å². The minimum atomic E-state index is -3.90. The second-order valence-electron chi connectivity index (χ2n) is 3.92. The predicted molar refractivity (Wildman–Crippen MR) is 60.1 cm³/mol. The van der Waals surface area contributed by atoms with E-state index in [9.17, 15) is 9.46 Å². The molecule has 0 amide bonds. The molecule has 1 saturated heterocycles. The van der Waals surface area contributed by atoms with E-state index in [-0.39, 0.29) is 0 Å². The molecular formula is C9H23N2O4P. The third-order valence-electron chi connectivity index (χ3n) is 2.90. The van der Waals surface area contributed by atoms with Crippen LogP contribution >= 0.6 is 7.82 Å². The molecule has 1 aliphatic heterocycles. The Bertz CT molecular complexity index is 222. The average Bonchev–Trinajstić information content (AvgIpc) is 2.27. The SMILES string of the molecule is CC1N(C)CCC[NH+]1C.COP(=O)([O-])OC. The first kappa shape index (κ1) is 16.0. The van der Waals surface area contributed by atoms with Gasteiger partial charge in [-0.1, -0.05) is 0 Å². The van der Waals surface area contributed by atoms with E-state index < -0.39 is 7.82 Å². The molecule has 98 valence electrons. The molecule has 0 aromatic carbocycles. The maximum absolute atomic E-state index is 9.95. The molecule has 0 spiro atoms. The van der Waals surface area contributed by atoms with Gasteiger partial charge < -0.3 is 18.8 Å². The van der Waals surface area contributed by atoms with Crippen LogP contribution in [0, 0.1) is 0 Å². The largest absolute Gasteiger partial charge is 0.756 e. The van der Waals surface area contributed by atoms with E-state index in [1.165, 1.54) is 19.5 Å². The number of rotatable bonds is 2. The molecule has 0 saturated carbocycles. The Morgan fingerprint density at radius 2 is 1.94 bits per heavy atom. The summed E-state index contributed by atoms with van der Waals surface area (Å²) in [7, 11) is 2.64. The molecule has 1 rings (SSSR count). The molecule has 0 aromatic heterocycles. The second-order valence-corrected chi connectivity index (χ2v) is 5.54. The Balaban J connectivity index is 0.000000293. The van der Waals surface area contributed by atoms with Crippen LogP contribution in [-0.2, 0) is 13.6 Å². The van der Waals surface area contributed by atoms with Crippen LogP contribution in [0.4, 0.5) is 0 Å². The van der Waals surface area contributed by atoms with Gasteiger partial charge in [-0.3, -0.25) is 9.46 Å². The predicted octanol–water partition coefficient (Wildman–Crippen LogP) is -1.07. The summed E-state index contributed by atoms with van der Waals surface area (Å²) in [5, 5.41) is 0. The van der Waals surface area contributed by atoms with E-state index in [2.05, 4.69) is 35.0 Å². The molecule has 1 aliphatic rings. The van der Waals surface area contributed by atoms with Gasteiger partial charge in [-0.05, 0) is 7.05 Å². The maximum Gasteiger partial charge on any atom is 0.267 e. The molecule has 6 nitrogen and oxygen atoms in total. The normalized spacial score (nSPS) is 27.1. The van der Waals surface area contributed by atoms with Crippen molar-refractivity contribution in [2.45, 2.75) is 19.5 Å². The van der Waals surface area contributed by atoms with Crippen molar-refractivity contribution in [3.05, 3.63) is 0 Å². The van der Waals surface area contributed by atoms with E-state index in [0.717, 1.165) is 20.4 Å². The molecule has 0 aromatic rings. The minimum absolute atomic E-state index is 0.721. The van der Waals surface area contributed by atoms with Crippen LogP contribution < -0.4 is 9.79 Å². The van der Waals surface area contributed by atoms with Gasteiger partial charge in [0.25, 0.3) is 7.82 Å². The zero-order chi connectivity index (χ0) is 12.8. The van der Waals surface area contributed by atoms with Crippen LogP contribution in [-0.4, -0.2) is 52.5 Å². The molecule has 2 atom stereocenters. The van der Waals surface area contributed by atoms with Crippen molar-refractivity contribution < 1.29 is 23.4 Å². The van der Waals surface area contributed by atoms with Gasteiger partial charge in [-0.2, -0.15) is 0 Å².